The molecule has 88 valence electrons. The lowest BCUT2D eigenvalue weighted by Gasteiger charge is -2.06. The number of aryl methyl sites for hydroxylation is 1. The molecule has 16 heavy (non-hydrogen) atoms. The first-order valence-electron chi connectivity index (χ1n) is 5.36. The maximum absolute atomic E-state index is 13.3. The second-order valence-corrected chi connectivity index (χ2v) is 3.65. The van der Waals surface area contributed by atoms with Gasteiger partial charge in [0.2, 0.25) is 5.91 Å². The van der Waals surface area contributed by atoms with Crippen LogP contribution in [0.5, 0.6) is 0 Å². The number of hydrogen-bond acceptors (Lipinski definition) is 2. The van der Waals surface area contributed by atoms with Gasteiger partial charge in [-0.3, -0.25) is 4.79 Å². The maximum atomic E-state index is 13.3. The van der Waals surface area contributed by atoms with Gasteiger partial charge in [0.25, 0.3) is 0 Å². The highest BCUT2D eigenvalue weighted by atomic mass is 19.1. The highest BCUT2D eigenvalue weighted by Gasteiger charge is 2.03. The van der Waals surface area contributed by atoms with Crippen molar-refractivity contribution in [1.29, 1.82) is 0 Å². The van der Waals surface area contributed by atoms with Crippen LogP contribution in [-0.4, -0.2) is 19.0 Å². The van der Waals surface area contributed by atoms with Crippen LogP contribution in [0.15, 0.2) is 18.2 Å². The van der Waals surface area contributed by atoms with E-state index in [1.165, 1.54) is 6.07 Å². The summed E-state index contributed by atoms with van der Waals surface area (Å²) >= 11 is 0. The topological polar surface area (TPSA) is 41.1 Å². The molecule has 0 aliphatic rings. The van der Waals surface area contributed by atoms with Crippen LogP contribution in [0.4, 0.5) is 4.39 Å². The quantitative estimate of drug-likeness (QED) is 0.793. The highest BCUT2D eigenvalue weighted by molar-refractivity contribution is 5.77. The van der Waals surface area contributed by atoms with Crippen LogP contribution >= 0.6 is 0 Å². The fourth-order valence-corrected chi connectivity index (χ4v) is 1.41. The molecule has 0 aromatic heterocycles. The van der Waals surface area contributed by atoms with Gasteiger partial charge in [0, 0.05) is 18.7 Å². The summed E-state index contributed by atoms with van der Waals surface area (Å²) in [5.41, 5.74) is 1.60. The van der Waals surface area contributed by atoms with Gasteiger partial charge in [0.05, 0.1) is 6.54 Å². The van der Waals surface area contributed by atoms with E-state index in [1.54, 1.807) is 12.1 Å². The average molecular weight is 224 g/mol. The van der Waals surface area contributed by atoms with E-state index in [0.29, 0.717) is 18.7 Å². The van der Waals surface area contributed by atoms with Gasteiger partial charge >= 0.3 is 0 Å². The predicted molar refractivity (Wildman–Crippen MR) is 61.5 cm³/mol. The molecule has 0 fully saturated rings. The Hall–Kier alpha value is -1.42. The van der Waals surface area contributed by atoms with Crippen LogP contribution in [0.2, 0.25) is 0 Å². The zero-order chi connectivity index (χ0) is 12.0. The highest BCUT2D eigenvalue weighted by Crippen LogP contribution is 2.09. The van der Waals surface area contributed by atoms with Crippen molar-refractivity contribution in [1.82, 2.24) is 10.6 Å². The Morgan fingerprint density at radius 3 is 2.88 bits per heavy atom. The van der Waals surface area contributed by atoms with Gasteiger partial charge in [-0.25, -0.2) is 4.39 Å². The number of carbonyl (C=O) groups excluding carboxylic acids is 1. The molecule has 0 bridgehead atoms. The number of carbonyl (C=O) groups is 1. The number of nitrogens with one attached hydrogen (secondary N) is 2. The second-order valence-electron chi connectivity index (χ2n) is 3.65. The Kier molecular flexibility index (Phi) is 4.92. The standard InChI is InChI=1S/C12H17FN2O/c1-3-15-12(16)8-14-7-10-6-9(2)4-5-11(10)13/h4-6,14H,3,7-8H2,1-2H3,(H,15,16). The summed E-state index contributed by atoms with van der Waals surface area (Å²) in [7, 11) is 0. The Labute approximate surface area is 95.0 Å². The van der Waals surface area contributed by atoms with Gasteiger partial charge in [0.1, 0.15) is 5.82 Å². The second kappa shape index (κ2) is 6.23. The molecule has 0 saturated carbocycles. The van der Waals surface area contributed by atoms with Crippen molar-refractivity contribution in [2.75, 3.05) is 13.1 Å². The van der Waals surface area contributed by atoms with Gasteiger partial charge < -0.3 is 10.6 Å². The zero-order valence-corrected chi connectivity index (χ0v) is 9.64. The van der Waals surface area contributed by atoms with Crippen LogP contribution < -0.4 is 10.6 Å². The van der Waals surface area contributed by atoms with Crippen LogP contribution in [0.25, 0.3) is 0 Å². The summed E-state index contributed by atoms with van der Waals surface area (Å²) in [5.74, 6) is -0.315. The minimum atomic E-state index is -0.242. The molecule has 1 aromatic carbocycles. The first-order chi connectivity index (χ1) is 7.63. The summed E-state index contributed by atoms with van der Waals surface area (Å²) in [5, 5.41) is 5.56. The molecule has 0 aliphatic heterocycles. The van der Waals surface area contributed by atoms with Gasteiger partial charge in [0.15, 0.2) is 0 Å². The first kappa shape index (κ1) is 12.6. The van der Waals surface area contributed by atoms with Gasteiger partial charge in [-0.05, 0) is 19.9 Å². The summed E-state index contributed by atoms with van der Waals surface area (Å²) in [6.45, 7) is 4.95. The third kappa shape index (κ3) is 3.98. The van der Waals surface area contributed by atoms with Crippen LogP contribution in [0.1, 0.15) is 18.1 Å². The Bertz CT molecular complexity index is 366. The molecule has 0 saturated heterocycles. The van der Waals surface area contributed by atoms with E-state index in [1.807, 2.05) is 13.8 Å². The molecule has 1 amide bonds. The monoisotopic (exact) mass is 224 g/mol. The molecule has 1 rings (SSSR count). The van der Waals surface area contributed by atoms with E-state index in [9.17, 15) is 9.18 Å². The number of hydrogen-bond donors (Lipinski definition) is 2. The Morgan fingerprint density at radius 1 is 1.44 bits per heavy atom. The molecule has 0 spiro atoms. The molecule has 0 heterocycles. The fraction of sp³-hybridized carbons (Fsp3) is 0.417. The summed E-state index contributed by atoms with van der Waals surface area (Å²) < 4.78 is 13.3. The SMILES string of the molecule is CCNC(=O)CNCc1cc(C)ccc1F. The fourth-order valence-electron chi connectivity index (χ4n) is 1.41. The van der Waals surface area contributed by atoms with Gasteiger partial charge in [-0.1, -0.05) is 17.7 Å². The average Bonchev–Trinajstić information content (AvgIpc) is 2.23. The van der Waals surface area contributed by atoms with E-state index < -0.39 is 0 Å². The van der Waals surface area contributed by atoms with Crippen LogP contribution in [0, 0.1) is 12.7 Å². The predicted octanol–water partition coefficient (Wildman–Crippen LogP) is 1.36. The number of benzene rings is 1. The number of halogens is 1. The van der Waals surface area contributed by atoms with Crippen molar-refractivity contribution in [3.8, 4) is 0 Å². The van der Waals surface area contributed by atoms with E-state index in [-0.39, 0.29) is 18.3 Å². The smallest absolute Gasteiger partial charge is 0.233 e. The molecular formula is C12H17FN2O. The largest absolute Gasteiger partial charge is 0.355 e. The molecule has 0 aliphatic carbocycles. The number of rotatable bonds is 5. The lowest BCUT2D eigenvalue weighted by Crippen LogP contribution is -2.33. The van der Waals surface area contributed by atoms with Crippen LogP contribution in [-0.2, 0) is 11.3 Å². The molecule has 3 nitrogen and oxygen atoms in total. The van der Waals surface area contributed by atoms with E-state index in [2.05, 4.69) is 10.6 Å². The third-order valence-corrected chi connectivity index (χ3v) is 2.18. The maximum Gasteiger partial charge on any atom is 0.233 e. The molecule has 0 unspecified atom stereocenters. The molecular weight excluding hydrogens is 207 g/mol. The van der Waals surface area contributed by atoms with Crippen molar-refractivity contribution < 1.29 is 9.18 Å². The van der Waals surface area contributed by atoms with E-state index in [0.717, 1.165) is 5.56 Å². The molecule has 0 atom stereocenters. The summed E-state index contributed by atoms with van der Waals surface area (Å²) in [4.78, 5) is 11.1. The van der Waals surface area contributed by atoms with Gasteiger partial charge in [-0.2, -0.15) is 0 Å². The minimum absolute atomic E-state index is 0.0736. The normalized spacial score (nSPS) is 10.2. The van der Waals surface area contributed by atoms with Crippen LogP contribution in [0.3, 0.4) is 0 Å². The Balaban J connectivity index is 2.42. The van der Waals surface area contributed by atoms with Crippen molar-refractivity contribution in [2.24, 2.45) is 0 Å². The zero-order valence-electron chi connectivity index (χ0n) is 9.64. The van der Waals surface area contributed by atoms with Gasteiger partial charge in [-0.15, -0.1) is 0 Å². The van der Waals surface area contributed by atoms with Crippen molar-refractivity contribution >= 4 is 5.91 Å². The minimum Gasteiger partial charge on any atom is -0.355 e. The number of amides is 1. The molecule has 1 aromatic rings. The van der Waals surface area contributed by atoms with Crippen molar-refractivity contribution in [3.63, 3.8) is 0 Å². The molecule has 2 N–H and O–H groups in total. The summed E-state index contributed by atoms with van der Waals surface area (Å²) in [6, 6.07) is 4.95. The van der Waals surface area contributed by atoms with E-state index >= 15 is 0 Å². The van der Waals surface area contributed by atoms with Crippen molar-refractivity contribution in [2.45, 2.75) is 20.4 Å². The Morgan fingerprint density at radius 2 is 2.19 bits per heavy atom. The lowest BCUT2D eigenvalue weighted by atomic mass is 10.1. The third-order valence-electron chi connectivity index (χ3n) is 2.18. The van der Waals surface area contributed by atoms with Crippen molar-refractivity contribution in [3.05, 3.63) is 35.1 Å². The molecule has 4 heteroatoms. The van der Waals surface area contributed by atoms with E-state index in [4.69, 9.17) is 0 Å². The lowest BCUT2D eigenvalue weighted by molar-refractivity contribution is -0.120. The molecule has 0 radical (unpaired) electrons. The number of likely N-dealkylation sites (N-methyl/N-ethyl adjacent to an activating group) is 1. The first-order valence-corrected chi connectivity index (χ1v) is 5.36. The summed E-state index contributed by atoms with van der Waals surface area (Å²) in [6.07, 6.45) is 0.